The molecule has 2 fully saturated rings. The minimum atomic E-state index is 0.0468. The third-order valence-electron chi connectivity index (χ3n) is 6.12. The van der Waals surface area contributed by atoms with Crippen LogP contribution in [0.25, 0.3) is 22.0 Å². The lowest BCUT2D eigenvalue weighted by Gasteiger charge is -2.41. The minimum absolute atomic E-state index is 0.0468. The van der Waals surface area contributed by atoms with Crippen molar-refractivity contribution in [3.63, 3.8) is 0 Å². The van der Waals surface area contributed by atoms with E-state index >= 15 is 0 Å². The van der Waals surface area contributed by atoms with Gasteiger partial charge in [-0.25, -0.2) is 9.97 Å². The quantitative estimate of drug-likeness (QED) is 0.740. The highest BCUT2D eigenvalue weighted by Gasteiger charge is 2.32. The monoisotopic (exact) mass is 391 g/mol. The molecule has 0 spiro atoms. The number of piperidine rings is 1. The molecule has 29 heavy (non-hydrogen) atoms. The summed E-state index contributed by atoms with van der Waals surface area (Å²) in [5.74, 6) is 0.731. The molecule has 1 N–H and O–H groups in total. The Kier molecular flexibility index (Phi) is 4.77. The first-order valence-corrected chi connectivity index (χ1v) is 10.2. The molecule has 0 aliphatic carbocycles. The fourth-order valence-corrected chi connectivity index (χ4v) is 4.19. The van der Waals surface area contributed by atoms with Gasteiger partial charge in [0.15, 0.2) is 0 Å². The molecule has 4 heterocycles. The third-order valence-corrected chi connectivity index (χ3v) is 6.12. The number of pyridine rings is 1. The fourth-order valence-electron chi connectivity index (χ4n) is 4.19. The van der Waals surface area contributed by atoms with Crippen molar-refractivity contribution in [3.8, 4) is 11.3 Å². The summed E-state index contributed by atoms with van der Waals surface area (Å²) in [6.07, 6.45) is 7.24. The zero-order chi connectivity index (χ0) is 19.8. The van der Waals surface area contributed by atoms with Gasteiger partial charge in [0.2, 0.25) is 5.91 Å². The van der Waals surface area contributed by atoms with Crippen molar-refractivity contribution in [2.24, 2.45) is 13.0 Å². The van der Waals surface area contributed by atoms with Crippen molar-refractivity contribution in [3.05, 3.63) is 43.0 Å². The van der Waals surface area contributed by atoms with Crippen molar-refractivity contribution >= 4 is 22.5 Å². The van der Waals surface area contributed by atoms with Crippen LogP contribution in [0.15, 0.2) is 43.0 Å². The van der Waals surface area contributed by atoms with Crippen LogP contribution < -0.4 is 5.32 Å². The van der Waals surface area contributed by atoms with Gasteiger partial charge in [0.05, 0.1) is 37.5 Å². The van der Waals surface area contributed by atoms with Crippen LogP contribution in [0.3, 0.4) is 0 Å². The van der Waals surface area contributed by atoms with Gasteiger partial charge in [-0.15, -0.1) is 0 Å². The SMILES string of the molecule is Cn1cncc1-c1ccc2cnc(NC(=O)C3CCN(C4COC4)CC3)cc2c1. The van der Waals surface area contributed by atoms with Crippen molar-refractivity contribution in [2.45, 2.75) is 18.9 Å². The number of hydrogen-bond acceptors (Lipinski definition) is 5. The van der Waals surface area contributed by atoms with Crippen LogP contribution >= 0.6 is 0 Å². The number of benzene rings is 1. The molecular formula is C22H25N5O2. The van der Waals surface area contributed by atoms with Gasteiger partial charge in [-0.05, 0) is 43.5 Å². The predicted molar refractivity (Wildman–Crippen MR) is 111 cm³/mol. The second-order valence-electron chi connectivity index (χ2n) is 8.01. The van der Waals surface area contributed by atoms with Gasteiger partial charge in [0.1, 0.15) is 5.82 Å². The second-order valence-corrected chi connectivity index (χ2v) is 8.01. The van der Waals surface area contributed by atoms with Gasteiger partial charge in [-0.2, -0.15) is 0 Å². The van der Waals surface area contributed by atoms with E-state index in [0.29, 0.717) is 11.9 Å². The standard InChI is InChI=1S/C22H25N5O2/c1-26-14-23-11-20(26)16-2-3-17-10-24-21(9-18(17)8-16)25-22(28)15-4-6-27(7-5-15)19-12-29-13-19/h2-3,8-11,14-15,19H,4-7,12-13H2,1H3,(H,24,25,28). The molecule has 0 saturated carbocycles. The van der Waals surface area contributed by atoms with Gasteiger partial charge >= 0.3 is 0 Å². The third kappa shape index (κ3) is 3.63. The Morgan fingerprint density at radius 2 is 1.97 bits per heavy atom. The first-order chi connectivity index (χ1) is 14.2. The summed E-state index contributed by atoms with van der Waals surface area (Å²) in [5, 5.41) is 5.13. The van der Waals surface area contributed by atoms with E-state index in [1.54, 1.807) is 6.33 Å². The van der Waals surface area contributed by atoms with Crippen LogP contribution in [-0.2, 0) is 16.6 Å². The maximum atomic E-state index is 12.8. The Labute approximate surface area is 169 Å². The molecule has 1 amide bonds. The highest BCUT2D eigenvalue weighted by atomic mass is 16.5. The number of fused-ring (bicyclic) bond motifs is 1. The predicted octanol–water partition coefficient (Wildman–Crippen LogP) is 2.68. The molecule has 0 bridgehead atoms. The van der Waals surface area contributed by atoms with Crippen molar-refractivity contribution in [1.29, 1.82) is 0 Å². The molecule has 2 aliphatic rings. The van der Waals surface area contributed by atoms with Gasteiger partial charge in [0, 0.05) is 30.1 Å². The molecule has 7 nitrogen and oxygen atoms in total. The molecule has 3 aromatic rings. The topological polar surface area (TPSA) is 72.3 Å². The van der Waals surface area contributed by atoms with Gasteiger partial charge in [-0.1, -0.05) is 12.1 Å². The van der Waals surface area contributed by atoms with Gasteiger partial charge in [-0.3, -0.25) is 9.69 Å². The molecule has 2 aromatic heterocycles. The highest BCUT2D eigenvalue weighted by molar-refractivity contribution is 5.95. The summed E-state index contributed by atoms with van der Waals surface area (Å²) in [7, 11) is 1.98. The number of ether oxygens (including phenoxy) is 1. The van der Waals surface area contributed by atoms with Crippen molar-refractivity contribution in [2.75, 3.05) is 31.6 Å². The number of carbonyl (C=O) groups is 1. The minimum Gasteiger partial charge on any atom is -0.378 e. The summed E-state index contributed by atoms with van der Waals surface area (Å²) in [4.78, 5) is 23.8. The van der Waals surface area contributed by atoms with E-state index in [1.807, 2.05) is 30.1 Å². The van der Waals surface area contributed by atoms with Crippen molar-refractivity contribution < 1.29 is 9.53 Å². The summed E-state index contributed by atoms with van der Waals surface area (Å²) < 4.78 is 7.27. The Morgan fingerprint density at radius 3 is 2.66 bits per heavy atom. The Bertz CT molecular complexity index is 1030. The second kappa shape index (κ2) is 7.57. The molecule has 2 aliphatic heterocycles. The zero-order valence-corrected chi connectivity index (χ0v) is 16.5. The van der Waals surface area contributed by atoms with Gasteiger partial charge < -0.3 is 14.6 Å². The van der Waals surface area contributed by atoms with Crippen LogP contribution in [-0.4, -0.2) is 57.7 Å². The summed E-state index contributed by atoms with van der Waals surface area (Å²) in [5.41, 5.74) is 2.14. The van der Waals surface area contributed by atoms with Crippen LogP contribution in [0.5, 0.6) is 0 Å². The van der Waals surface area contributed by atoms with E-state index in [2.05, 4.69) is 38.4 Å². The molecule has 0 unspecified atom stereocenters. The number of nitrogens with one attached hydrogen (secondary N) is 1. The molecule has 0 atom stereocenters. The van der Waals surface area contributed by atoms with E-state index in [9.17, 15) is 4.79 Å². The smallest absolute Gasteiger partial charge is 0.228 e. The van der Waals surface area contributed by atoms with Crippen LogP contribution in [0.2, 0.25) is 0 Å². The Hall–Kier alpha value is -2.77. The number of aryl methyl sites for hydroxylation is 1. The summed E-state index contributed by atoms with van der Waals surface area (Å²) in [6.45, 7) is 3.59. The lowest BCUT2D eigenvalue weighted by atomic mass is 9.94. The Morgan fingerprint density at radius 1 is 1.14 bits per heavy atom. The normalized spacial score (nSPS) is 18.7. The number of aromatic nitrogens is 3. The molecule has 0 radical (unpaired) electrons. The molecule has 7 heteroatoms. The number of likely N-dealkylation sites (tertiary alicyclic amines) is 1. The summed E-state index contributed by atoms with van der Waals surface area (Å²) >= 11 is 0. The number of anilines is 1. The van der Waals surface area contributed by atoms with E-state index < -0.39 is 0 Å². The van der Waals surface area contributed by atoms with E-state index in [1.165, 1.54) is 0 Å². The molecular weight excluding hydrogens is 366 g/mol. The Balaban J connectivity index is 1.28. The van der Waals surface area contributed by atoms with Crippen molar-refractivity contribution in [1.82, 2.24) is 19.4 Å². The summed E-state index contributed by atoms with van der Waals surface area (Å²) in [6, 6.07) is 8.74. The highest BCUT2D eigenvalue weighted by Crippen LogP contribution is 2.26. The number of amides is 1. The number of hydrogen-bond donors (Lipinski definition) is 1. The zero-order valence-electron chi connectivity index (χ0n) is 16.5. The fraction of sp³-hybridized carbons (Fsp3) is 0.409. The maximum Gasteiger partial charge on any atom is 0.228 e. The average Bonchev–Trinajstić information content (AvgIpc) is 3.12. The average molecular weight is 391 g/mol. The largest absolute Gasteiger partial charge is 0.378 e. The maximum absolute atomic E-state index is 12.8. The first kappa shape index (κ1) is 18.3. The molecule has 5 rings (SSSR count). The lowest BCUT2D eigenvalue weighted by molar-refractivity contribution is -0.123. The lowest BCUT2D eigenvalue weighted by Crippen LogP contribution is -2.52. The number of imidazole rings is 1. The van der Waals surface area contributed by atoms with E-state index in [-0.39, 0.29) is 11.8 Å². The van der Waals surface area contributed by atoms with Crippen LogP contribution in [0, 0.1) is 5.92 Å². The van der Waals surface area contributed by atoms with Crippen LogP contribution in [0.1, 0.15) is 12.8 Å². The number of rotatable bonds is 4. The van der Waals surface area contributed by atoms with Crippen LogP contribution in [0.4, 0.5) is 5.82 Å². The van der Waals surface area contributed by atoms with E-state index in [0.717, 1.165) is 61.2 Å². The molecule has 2 saturated heterocycles. The number of carbonyl (C=O) groups excluding carboxylic acids is 1. The first-order valence-electron chi connectivity index (χ1n) is 10.2. The van der Waals surface area contributed by atoms with Gasteiger partial charge in [0.25, 0.3) is 0 Å². The number of nitrogens with zero attached hydrogens (tertiary/aromatic N) is 4. The molecule has 150 valence electrons. The molecule has 1 aromatic carbocycles. The van der Waals surface area contributed by atoms with E-state index in [4.69, 9.17) is 4.74 Å².